The number of nitrogens with one attached hydrogen (secondary N) is 1. The van der Waals surface area contributed by atoms with Crippen molar-refractivity contribution in [1.29, 1.82) is 0 Å². The number of benzene rings is 2. The van der Waals surface area contributed by atoms with Crippen LogP contribution in [0.2, 0.25) is 0 Å². The molecule has 5 rings (SSSR count). The quantitative estimate of drug-likeness (QED) is 0.473. The van der Waals surface area contributed by atoms with E-state index in [2.05, 4.69) is 11.4 Å². The highest BCUT2D eigenvalue weighted by molar-refractivity contribution is 7.21. The molecule has 1 atom stereocenters. The Labute approximate surface area is 166 Å². The van der Waals surface area contributed by atoms with Gasteiger partial charge in [-0.1, -0.05) is 24.3 Å². The van der Waals surface area contributed by atoms with Crippen LogP contribution in [0, 0.1) is 0 Å². The summed E-state index contributed by atoms with van der Waals surface area (Å²) in [6.45, 7) is 0.731. The average molecular weight is 389 g/mol. The zero-order valence-corrected chi connectivity index (χ0v) is 16.0. The molecule has 2 amide bonds. The van der Waals surface area contributed by atoms with Crippen molar-refractivity contribution in [2.45, 2.75) is 18.9 Å². The van der Waals surface area contributed by atoms with Gasteiger partial charge in [-0.2, -0.15) is 0 Å². The standard InChI is InChI=1S/C22H19N3O2S/c26-22(25-12-4-9-18(25)19-10-5-13-27-19)23-16-7-3-6-15(14-16)21-24-17-8-1-2-11-20(17)28-21/h1-3,5-8,10-11,13-14,18H,4,9,12H2,(H,23,26). The van der Waals surface area contributed by atoms with Gasteiger partial charge in [-0.25, -0.2) is 9.78 Å². The van der Waals surface area contributed by atoms with Crippen LogP contribution >= 0.6 is 11.3 Å². The summed E-state index contributed by atoms with van der Waals surface area (Å²) in [6.07, 6.45) is 3.56. The first-order valence-electron chi connectivity index (χ1n) is 9.35. The molecule has 0 aliphatic carbocycles. The number of hydrogen-bond acceptors (Lipinski definition) is 4. The Hall–Kier alpha value is -3.12. The number of nitrogens with zero attached hydrogens (tertiary/aromatic N) is 2. The second kappa shape index (κ2) is 7.13. The summed E-state index contributed by atoms with van der Waals surface area (Å²) in [4.78, 5) is 19.4. The van der Waals surface area contributed by atoms with E-state index in [-0.39, 0.29) is 12.1 Å². The first kappa shape index (κ1) is 17.0. The maximum atomic E-state index is 12.9. The van der Waals surface area contributed by atoms with Crippen molar-refractivity contribution in [3.8, 4) is 10.6 Å². The van der Waals surface area contributed by atoms with E-state index in [4.69, 9.17) is 9.40 Å². The number of para-hydroxylation sites is 1. The summed E-state index contributed by atoms with van der Waals surface area (Å²) in [5.74, 6) is 0.843. The molecule has 0 saturated carbocycles. The molecule has 5 nitrogen and oxygen atoms in total. The molecule has 1 N–H and O–H groups in total. The van der Waals surface area contributed by atoms with Crippen molar-refractivity contribution < 1.29 is 9.21 Å². The molecule has 140 valence electrons. The Bertz CT molecular complexity index is 1090. The first-order valence-corrected chi connectivity index (χ1v) is 10.2. The van der Waals surface area contributed by atoms with Gasteiger partial charge in [-0.3, -0.25) is 0 Å². The van der Waals surface area contributed by atoms with E-state index in [1.807, 2.05) is 59.5 Å². The Morgan fingerprint density at radius 3 is 2.93 bits per heavy atom. The maximum Gasteiger partial charge on any atom is 0.322 e. The zero-order valence-electron chi connectivity index (χ0n) is 15.2. The van der Waals surface area contributed by atoms with E-state index in [0.717, 1.165) is 51.6 Å². The van der Waals surface area contributed by atoms with Crippen LogP contribution in [0.3, 0.4) is 0 Å². The Morgan fingerprint density at radius 1 is 1.14 bits per heavy atom. The Balaban J connectivity index is 1.37. The normalized spacial score (nSPS) is 16.6. The third kappa shape index (κ3) is 3.16. The summed E-state index contributed by atoms with van der Waals surface area (Å²) in [7, 11) is 0. The van der Waals surface area contributed by atoms with Crippen LogP contribution in [-0.2, 0) is 0 Å². The Kier molecular flexibility index (Phi) is 4.33. The summed E-state index contributed by atoms with van der Waals surface area (Å²) in [6, 6.07) is 19.7. The smallest absolute Gasteiger partial charge is 0.322 e. The second-order valence-corrected chi connectivity index (χ2v) is 7.90. The van der Waals surface area contributed by atoms with Crippen molar-refractivity contribution in [2.75, 3.05) is 11.9 Å². The summed E-state index contributed by atoms with van der Waals surface area (Å²) in [5, 5.41) is 3.99. The number of amides is 2. The number of carbonyl (C=O) groups is 1. The lowest BCUT2D eigenvalue weighted by atomic mass is 10.2. The summed E-state index contributed by atoms with van der Waals surface area (Å²) >= 11 is 1.66. The lowest BCUT2D eigenvalue weighted by Crippen LogP contribution is -2.34. The van der Waals surface area contributed by atoms with Crippen LogP contribution in [-0.4, -0.2) is 22.5 Å². The first-order chi connectivity index (χ1) is 13.8. The van der Waals surface area contributed by atoms with Crippen LogP contribution in [0.5, 0.6) is 0 Å². The fourth-order valence-electron chi connectivity index (χ4n) is 3.71. The van der Waals surface area contributed by atoms with E-state index in [9.17, 15) is 4.79 Å². The molecule has 0 spiro atoms. The predicted molar refractivity (Wildman–Crippen MR) is 111 cm³/mol. The topological polar surface area (TPSA) is 58.4 Å². The molecule has 0 bridgehead atoms. The van der Waals surface area contributed by atoms with Gasteiger partial charge in [-0.15, -0.1) is 11.3 Å². The molecule has 3 heterocycles. The number of hydrogen-bond donors (Lipinski definition) is 1. The molecule has 28 heavy (non-hydrogen) atoms. The molecular formula is C22H19N3O2S. The highest BCUT2D eigenvalue weighted by atomic mass is 32.1. The average Bonchev–Trinajstić information content (AvgIpc) is 3.47. The van der Waals surface area contributed by atoms with E-state index in [1.54, 1.807) is 17.6 Å². The number of urea groups is 1. The molecule has 1 aliphatic rings. The van der Waals surface area contributed by atoms with Crippen molar-refractivity contribution >= 4 is 33.3 Å². The van der Waals surface area contributed by atoms with Gasteiger partial charge in [0.25, 0.3) is 0 Å². The molecule has 1 aliphatic heterocycles. The van der Waals surface area contributed by atoms with Gasteiger partial charge in [0.15, 0.2) is 0 Å². The fourth-order valence-corrected chi connectivity index (χ4v) is 4.67. The van der Waals surface area contributed by atoms with Gasteiger partial charge < -0.3 is 14.6 Å². The van der Waals surface area contributed by atoms with Gasteiger partial charge in [0.05, 0.1) is 22.5 Å². The number of rotatable bonds is 3. The lowest BCUT2D eigenvalue weighted by molar-refractivity contribution is 0.200. The number of fused-ring (bicyclic) bond motifs is 1. The van der Waals surface area contributed by atoms with Crippen molar-refractivity contribution in [1.82, 2.24) is 9.88 Å². The van der Waals surface area contributed by atoms with Gasteiger partial charge in [-0.05, 0) is 49.2 Å². The van der Waals surface area contributed by atoms with Gasteiger partial charge >= 0.3 is 6.03 Å². The summed E-state index contributed by atoms with van der Waals surface area (Å²) in [5.41, 5.74) is 2.77. The molecular weight excluding hydrogens is 370 g/mol. The molecule has 6 heteroatoms. The van der Waals surface area contributed by atoms with E-state index in [1.165, 1.54) is 0 Å². The van der Waals surface area contributed by atoms with Gasteiger partial charge in [0.1, 0.15) is 10.8 Å². The largest absolute Gasteiger partial charge is 0.467 e. The van der Waals surface area contributed by atoms with Crippen LogP contribution in [0.25, 0.3) is 20.8 Å². The summed E-state index contributed by atoms with van der Waals surface area (Å²) < 4.78 is 6.68. The number of anilines is 1. The molecule has 2 aromatic heterocycles. The SMILES string of the molecule is O=C(Nc1cccc(-c2nc3ccccc3s2)c1)N1CCCC1c1ccco1. The number of thiazole rings is 1. The van der Waals surface area contributed by atoms with Crippen molar-refractivity contribution in [3.05, 3.63) is 72.7 Å². The molecule has 1 saturated heterocycles. The van der Waals surface area contributed by atoms with Crippen LogP contribution < -0.4 is 5.32 Å². The van der Waals surface area contributed by atoms with Gasteiger partial charge in [0.2, 0.25) is 0 Å². The minimum absolute atomic E-state index is 0.00226. The number of likely N-dealkylation sites (tertiary alicyclic amines) is 1. The van der Waals surface area contributed by atoms with Crippen LogP contribution in [0.1, 0.15) is 24.6 Å². The zero-order chi connectivity index (χ0) is 18.9. The van der Waals surface area contributed by atoms with Gasteiger partial charge in [0, 0.05) is 17.8 Å². The molecule has 4 aromatic rings. The lowest BCUT2D eigenvalue weighted by Gasteiger charge is -2.23. The molecule has 0 radical (unpaired) electrons. The minimum atomic E-state index is -0.0969. The highest BCUT2D eigenvalue weighted by Gasteiger charge is 2.31. The van der Waals surface area contributed by atoms with E-state index < -0.39 is 0 Å². The molecule has 1 unspecified atom stereocenters. The monoisotopic (exact) mass is 389 g/mol. The molecule has 1 fully saturated rings. The number of furan rings is 1. The predicted octanol–water partition coefficient (Wildman–Crippen LogP) is 5.93. The number of carbonyl (C=O) groups excluding carboxylic acids is 1. The van der Waals surface area contributed by atoms with Crippen LogP contribution in [0.15, 0.2) is 71.3 Å². The van der Waals surface area contributed by atoms with Crippen molar-refractivity contribution in [3.63, 3.8) is 0 Å². The fraction of sp³-hybridized carbons (Fsp3) is 0.182. The van der Waals surface area contributed by atoms with E-state index in [0.29, 0.717) is 0 Å². The highest BCUT2D eigenvalue weighted by Crippen LogP contribution is 2.34. The molecule has 2 aromatic carbocycles. The number of aromatic nitrogens is 1. The minimum Gasteiger partial charge on any atom is -0.467 e. The second-order valence-electron chi connectivity index (χ2n) is 6.86. The third-order valence-electron chi connectivity index (χ3n) is 5.04. The third-order valence-corrected chi connectivity index (χ3v) is 6.13. The van der Waals surface area contributed by atoms with Crippen LogP contribution in [0.4, 0.5) is 10.5 Å². The maximum absolute atomic E-state index is 12.9. The van der Waals surface area contributed by atoms with E-state index >= 15 is 0 Å². The van der Waals surface area contributed by atoms with Crippen molar-refractivity contribution in [2.24, 2.45) is 0 Å². The Morgan fingerprint density at radius 2 is 2.07 bits per heavy atom.